The highest BCUT2D eigenvalue weighted by molar-refractivity contribution is 5.94. The molecule has 2 aromatic carbocycles. The Hall–Kier alpha value is -3.28. The first-order chi connectivity index (χ1) is 13.9. The minimum absolute atomic E-state index is 0.0915. The van der Waals surface area contributed by atoms with Crippen molar-refractivity contribution in [2.24, 2.45) is 0 Å². The molecule has 6 nitrogen and oxygen atoms in total. The number of para-hydroxylation sites is 1. The fraction of sp³-hybridized carbons (Fsp3) is 0.304. The van der Waals surface area contributed by atoms with Gasteiger partial charge in [-0.05, 0) is 45.0 Å². The summed E-state index contributed by atoms with van der Waals surface area (Å²) in [5.74, 6) is 2.02. The normalized spacial score (nSPS) is 11.8. The van der Waals surface area contributed by atoms with Crippen LogP contribution < -0.4 is 9.47 Å². The molecule has 1 unspecified atom stereocenters. The molecule has 1 amide bonds. The molecule has 0 aliphatic carbocycles. The van der Waals surface area contributed by atoms with Crippen LogP contribution in [0.5, 0.6) is 11.5 Å². The Balaban J connectivity index is 1.74. The molecule has 0 spiro atoms. The molecule has 152 valence electrons. The van der Waals surface area contributed by atoms with Gasteiger partial charge in [0.25, 0.3) is 5.91 Å². The topological polar surface area (TPSA) is 64.8 Å². The van der Waals surface area contributed by atoms with Crippen molar-refractivity contribution < 1.29 is 18.8 Å². The second-order valence-corrected chi connectivity index (χ2v) is 6.95. The van der Waals surface area contributed by atoms with Gasteiger partial charge in [0.1, 0.15) is 23.9 Å². The summed E-state index contributed by atoms with van der Waals surface area (Å²) >= 11 is 0. The largest absolute Gasteiger partial charge is 0.496 e. The molecule has 0 saturated carbocycles. The number of hydrogen-bond acceptors (Lipinski definition) is 5. The number of ether oxygens (including phenoxy) is 2. The first-order valence-corrected chi connectivity index (χ1v) is 9.47. The zero-order valence-electron chi connectivity index (χ0n) is 17.4. The third kappa shape index (κ3) is 4.42. The Morgan fingerprint density at radius 2 is 1.93 bits per heavy atom. The van der Waals surface area contributed by atoms with Crippen LogP contribution in [0.25, 0.3) is 0 Å². The summed E-state index contributed by atoms with van der Waals surface area (Å²) in [6.45, 7) is 6.05. The van der Waals surface area contributed by atoms with Crippen LogP contribution in [0.3, 0.4) is 0 Å². The van der Waals surface area contributed by atoms with Crippen molar-refractivity contribution in [2.45, 2.75) is 33.4 Å². The van der Waals surface area contributed by atoms with Gasteiger partial charge in [-0.3, -0.25) is 4.79 Å². The average molecular weight is 394 g/mol. The number of rotatable bonds is 7. The van der Waals surface area contributed by atoms with Gasteiger partial charge in [-0.25, -0.2) is 0 Å². The van der Waals surface area contributed by atoms with Crippen molar-refractivity contribution in [2.75, 3.05) is 14.2 Å². The summed E-state index contributed by atoms with van der Waals surface area (Å²) in [5.41, 5.74) is 3.24. The maximum Gasteiger partial charge on any atom is 0.254 e. The van der Waals surface area contributed by atoms with E-state index in [9.17, 15) is 4.79 Å². The van der Waals surface area contributed by atoms with Crippen LogP contribution in [0.1, 0.15) is 45.9 Å². The molecule has 1 heterocycles. The number of aryl methyl sites for hydroxylation is 2. The molecule has 3 rings (SSSR count). The lowest BCUT2D eigenvalue weighted by atomic mass is 10.0. The quantitative estimate of drug-likeness (QED) is 0.580. The van der Waals surface area contributed by atoms with E-state index in [1.165, 1.54) is 0 Å². The Morgan fingerprint density at radius 1 is 1.17 bits per heavy atom. The second-order valence-electron chi connectivity index (χ2n) is 6.95. The molecule has 0 fully saturated rings. The number of benzene rings is 2. The lowest BCUT2D eigenvalue weighted by molar-refractivity contribution is 0.0740. The number of carbonyl (C=O) groups excluding carboxylic acids is 1. The molecule has 6 heteroatoms. The fourth-order valence-corrected chi connectivity index (χ4v) is 3.18. The van der Waals surface area contributed by atoms with E-state index in [1.807, 2.05) is 57.2 Å². The molecular formula is C23H26N2O4. The number of nitrogens with zero attached hydrogens (tertiary/aromatic N) is 2. The molecule has 0 N–H and O–H groups in total. The highest BCUT2D eigenvalue weighted by Crippen LogP contribution is 2.29. The van der Waals surface area contributed by atoms with E-state index in [-0.39, 0.29) is 11.9 Å². The van der Waals surface area contributed by atoms with Gasteiger partial charge in [0, 0.05) is 18.2 Å². The van der Waals surface area contributed by atoms with Crippen LogP contribution in [-0.4, -0.2) is 30.1 Å². The van der Waals surface area contributed by atoms with Crippen LogP contribution in [-0.2, 0) is 6.61 Å². The number of aromatic nitrogens is 1. The van der Waals surface area contributed by atoms with Crippen LogP contribution in [0.4, 0.5) is 0 Å². The Labute approximate surface area is 171 Å². The third-order valence-electron chi connectivity index (χ3n) is 5.14. The molecule has 0 radical (unpaired) electrons. The van der Waals surface area contributed by atoms with E-state index >= 15 is 0 Å². The number of methoxy groups -OCH3 is 1. The second kappa shape index (κ2) is 8.82. The lowest BCUT2D eigenvalue weighted by Crippen LogP contribution is -2.29. The van der Waals surface area contributed by atoms with Crippen LogP contribution in [0.15, 0.2) is 53.1 Å². The summed E-state index contributed by atoms with van der Waals surface area (Å²) in [7, 11) is 3.42. The van der Waals surface area contributed by atoms with Crippen LogP contribution in [0, 0.1) is 13.8 Å². The van der Waals surface area contributed by atoms with Crippen molar-refractivity contribution in [3.63, 3.8) is 0 Å². The number of hydrogen-bond donors (Lipinski definition) is 0. The highest BCUT2D eigenvalue weighted by Gasteiger charge is 2.22. The van der Waals surface area contributed by atoms with Crippen molar-refractivity contribution in [1.82, 2.24) is 10.1 Å². The molecule has 3 aromatic rings. The van der Waals surface area contributed by atoms with Crippen LogP contribution >= 0.6 is 0 Å². The Bertz CT molecular complexity index is 977. The number of carbonyl (C=O) groups is 1. The monoisotopic (exact) mass is 394 g/mol. The summed E-state index contributed by atoms with van der Waals surface area (Å²) in [6.07, 6.45) is 0. The van der Waals surface area contributed by atoms with Gasteiger partial charge >= 0.3 is 0 Å². The van der Waals surface area contributed by atoms with Crippen molar-refractivity contribution in [3.8, 4) is 11.5 Å². The molecule has 1 aromatic heterocycles. The zero-order valence-corrected chi connectivity index (χ0v) is 17.4. The Kier molecular flexibility index (Phi) is 6.22. The standard InChI is InChI=1S/C23H26N2O4/c1-15-21(17(3)29-24-15)14-28-19-10-8-9-18(13-19)23(26)25(4)16(2)20-11-6-7-12-22(20)27-5/h6-13,16H,14H2,1-5H3. The van der Waals surface area contributed by atoms with Gasteiger partial charge in [-0.2, -0.15) is 0 Å². The molecule has 1 atom stereocenters. The minimum Gasteiger partial charge on any atom is -0.496 e. The lowest BCUT2D eigenvalue weighted by Gasteiger charge is -2.26. The Morgan fingerprint density at radius 3 is 2.62 bits per heavy atom. The predicted molar refractivity (Wildman–Crippen MR) is 110 cm³/mol. The van der Waals surface area contributed by atoms with Crippen molar-refractivity contribution in [1.29, 1.82) is 0 Å². The van der Waals surface area contributed by atoms with Crippen molar-refractivity contribution in [3.05, 3.63) is 76.7 Å². The van der Waals surface area contributed by atoms with E-state index in [2.05, 4.69) is 5.16 Å². The molecular weight excluding hydrogens is 368 g/mol. The molecule has 0 aliphatic rings. The first-order valence-electron chi connectivity index (χ1n) is 9.47. The van der Waals surface area contributed by atoms with Gasteiger partial charge in [-0.1, -0.05) is 29.4 Å². The SMILES string of the molecule is COc1ccccc1C(C)N(C)C(=O)c1cccc(OCc2c(C)noc2C)c1. The van der Waals surface area contributed by atoms with Crippen molar-refractivity contribution >= 4 is 5.91 Å². The van der Waals surface area contributed by atoms with Gasteiger partial charge in [0.2, 0.25) is 0 Å². The van der Waals surface area contributed by atoms with Gasteiger partial charge in [-0.15, -0.1) is 0 Å². The highest BCUT2D eigenvalue weighted by atomic mass is 16.5. The van der Waals surface area contributed by atoms with Gasteiger partial charge in [0.05, 0.1) is 24.4 Å². The van der Waals surface area contributed by atoms with Gasteiger partial charge < -0.3 is 18.9 Å². The molecule has 29 heavy (non-hydrogen) atoms. The molecule has 0 bridgehead atoms. The summed E-state index contributed by atoms with van der Waals surface area (Å²) < 4.78 is 16.5. The smallest absolute Gasteiger partial charge is 0.254 e. The zero-order chi connectivity index (χ0) is 21.0. The van der Waals surface area contributed by atoms with E-state index in [0.29, 0.717) is 17.9 Å². The molecule has 0 saturated heterocycles. The van der Waals surface area contributed by atoms with Crippen LogP contribution in [0.2, 0.25) is 0 Å². The summed E-state index contributed by atoms with van der Waals surface area (Å²) in [5, 5.41) is 3.93. The maximum absolute atomic E-state index is 13.1. The maximum atomic E-state index is 13.1. The molecule has 0 aliphatic heterocycles. The summed E-state index contributed by atoms with van der Waals surface area (Å²) in [6, 6.07) is 14.8. The fourth-order valence-electron chi connectivity index (χ4n) is 3.18. The van der Waals surface area contributed by atoms with E-state index < -0.39 is 0 Å². The van der Waals surface area contributed by atoms with E-state index in [4.69, 9.17) is 14.0 Å². The first kappa shape index (κ1) is 20.5. The average Bonchev–Trinajstić information content (AvgIpc) is 3.08. The van der Waals surface area contributed by atoms with E-state index in [0.717, 1.165) is 28.3 Å². The predicted octanol–water partition coefficient (Wildman–Crippen LogP) is 4.71. The minimum atomic E-state index is -0.148. The summed E-state index contributed by atoms with van der Waals surface area (Å²) in [4.78, 5) is 14.8. The number of amides is 1. The third-order valence-corrected chi connectivity index (χ3v) is 5.14. The van der Waals surface area contributed by atoms with E-state index in [1.54, 1.807) is 31.2 Å². The van der Waals surface area contributed by atoms with Gasteiger partial charge in [0.15, 0.2) is 0 Å².